The number of carbonyl (C=O) groups is 1. The van der Waals surface area contributed by atoms with E-state index in [0.717, 1.165) is 31.7 Å². The minimum Gasteiger partial charge on any atom is -0.353 e. The Balaban J connectivity index is 1.62. The molecule has 0 atom stereocenters. The highest BCUT2D eigenvalue weighted by Gasteiger charge is 2.17. The summed E-state index contributed by atoms with van der Waals surface area (Å²) in [7, 11) is 2.13. The van der Waals surface area contributed by atoms with E-state index in [9.17, 15) is 4.79 Å². The number of likely N-dealkylation sites (tertiary alicyclic amines) is 1. The lowest BCUT2D eigenvalue weighted by atomic mass is 10.1. The maximum absolute atomic E-state index is 11.8. The van der Waals surface area contributed by atoms with E-state index in [4.69, 9.17) is 0 Å². The maximum Gasteiger partial charge on any atom is 0.230 e. The maximum atomic E-state index is 11.8. The molecule has 3 nitrogen and oxygen atoms in total. The van der Waals surface area contributed by atoms with Gasteiger partial charge in [-0.2, -0.15) is 0 Å². The van der Waals surface area contributed by atoms with Crippen LogP contribution in [0.2, 0.25) is 0 Å². The third-order valence-electron chi connectivity index (χ3n) is 3.43. The quantitative estimate of drug-likeness (QED) is 0.895. The highest BCUT2D eigenvalue weighted by atomic mass is 32.2. The SMILES string of the molecule is CN1CCC(NC(=O)CSCc2ccccc2)CC1. The summed E-state index contributed by atoms with van der Waals surface area (Å²) in [5.74, 6) is 1.64. The molecule has 1 amide bonds. The van der Waals surface area contributed by atoms with Crippen LogP contribution in [0.1, 0.15) is 18.4 Å². The summed E-state index contributed by atoms with van der Waals surface area (Å²) in [6, 6.07) is 10.7. The summed E-state index contributed by atoms with van der Waals surface area (Å²) >= 11 is 1.68. The molecule has 104 valence electrons. The monoisotopic (exact) mass is 278 g/mol. The van der Waals surface area contributed by atoms with Gasteiger partial charge >= 0.3 is 0 Å². The molecule has 4 heteroatoms. The van der Waals surface area contributed by atoms with Crippen LogP contribution in [0.25, 0.3) is 0 Å². The molecular weight excluding hydrogens is 256 g/mol. The molecule has 0 aromatic heterocycles. The van der Waals surface area contributed by atoms with E-state index in [2.05, 4.69) is 29.4 Å². The van der Waals surface area contributed by atoms with E-state index in [0.29, 0.717) is 11.8 Å². The molecule has 0 unspecified atom stereocenters. The van der Waals surface area contributed by atoms with Crippen molar-refractivity contribution in [3.63, 3.8) is 0 Å². The number of benzene rings is 1. The zero-order valence-corrected chi connectivity index (χ0v) is 12.3. The molecular formula is C15H22N2OS. The summed E-state index contributed by atoms with van der Waals surface area (Å²) in [5.41, 5.74) is 1.28. The smallest absolute Gasteiger partial charge is 0.230 e. The van der Waals surface area contributed by atoms with Crippen molar-refractivity contribution >= 4 is 17.7 Å². The number of hydrogen-bond acceptors (Lipinski definition) is 3. The zero-order valence-electron chi connectivity index (χ0n) is 11.5. The molecule has 0 saturated carbocycles. The summed E-state index contributed by atoms with van der Waals surface area (Å²) in [4.78, 5) is 14.1. The van der Waals surface area contributed by atoms with Gasteiger partial charge in [-0.15, -0.1) is 11.8 Å². The highest BCUT2D eigenvalue weighted by molar-refractivity contribution is 7.99. The summed E-state index contributed by atoms with van der Waals surface area (Å²) in [6.45, 7) is 2.17. The second-order valence-electron chi connectivity index (χ2n) is 5.12. The molecule has 2 rings (SSSR count). The average Bonchev–Trinajstić information content (AvgIpc) is 2.43. The van der Waals surface area contributed by atoms with Crippen molar-refractivity contribution in [2.24, 2.45) is 0 Å². The first-order valence-electron chi connectivity index (χ1n) is 6.83. The second-order valence-corrected chi connectivity index (χ2v) is 6.11. The Morgan fingerprint density at radius 1 is 1.32 bits per heavy atom. The number of thioether (sulfide) groups is 1. The Bertz CT molecular complexity index is 388. The van der Waals surface area contributed by atoms with E-state index in [1.54, 1.807) is 11.8 Å². The van der Waals surface area contributed by atoms with E-state index in [1.165, 1.54) is 5.56 Å². The van der Waals surface area contributed by atoms with Gasteiger partial charge < -0.3 is 10.2 Å². The summed E-state index contributed by atoms with van der Waals surface area (Å²) < 4.78 is 0. The molecule has 1 aliphatic rings. The molecule has 1 aromatic rings. The molecule has 1 aliphatic heterocycles. The van der Waals surface area contributed by atoms with Crippen molar-refractivity contribution in [1.29, 1.82) is 0 Å². The normalized spacial score (nSPS) is 17.3. The lowest BCUT2D eigenvalue weighted by molar-refractivity contribution is -0.119. The Labute approximate surface area is 119 Å². The Morgan fingerprint density at radius 2 is 2.00 bits per heavy atom. The van der Waals surface area contributed by atoms with E-state index in [1.807, 2.05) is 18.2 Å². The van der Waals surface area contributed by atoms with Crippen LogP contribution in [0.5, 0.6) is 0 Å². The molecule has 1 fully saturated rings. The molecule has 19 heavy (non-hydrogen) atoms. The first-order valence-corrected chi connectivity index (χ1v) is 7.99. The number of rotatable bonds is 5. The van der Waals surface area contributed by atoms with Gasteiger partial charge in [-0.3, -0.25) is 4.79 Å². The van der Waals surface area contributed by atoms with Crippen LogP contribution in [-0.2, 0) is 10.5 Å². The van der Waals surface area contributed by atoms with Gasteiger partial charge in [-0.1, -0.05) is 30.3 Å². The molecule has 0 spiro atoms. The van der Waals surface area contributed by atoms with Crippen molar-refractivity contribution in [3.05, 3.63) is 35.9 Å². The number of nitrogens with one attached hydrogen (secondary N) is 1. The fourth-order valence-corrected chi connectivity index (χ4v) is 3.06. The third-order valence-corrected chi connectivity index (χ3v) is 4.43. The average molecular weight is 278 g/mol. The third kappa shape index (κ3) is 5.25. The van der Waals surface area contributed by atoms with Crippen LogP contribution >= 0.6 is 11.8 Å². The minimum absolute atomic E-state index is 0.176. The van der Waals surface area contributed by atoms with Gasteiger partial charge in [0.15, 0.2) is 0 Å². The van der Waals surface area contributed by atoms with Gasteiger partial charge in [0.2, 0.25) is 5.91 Å². The Hall–Kier alpha value is -1.00. The van der Waals surface area contributed by atoms with Crippen LogP contribution in [0.4, 0.5) is 0 Å². The van der Waals surface area contributed by atoms with Crippen LogP contribution < -0.4 is 5.32 Å². The van der Waals surface area contributed by atoms with Crippen LogP contribution in [0.3, 0.4) is 0 Å². The van der Waals surface area contributed by atoms with Gasteiger partial charge in [0.25, 0.3) is 0 Å². The first-order chi connectivity index (χ1) is 9.24. The number of hydrogen-bond donors (Lipinski definition) is 1. The van der Waals surface area contributed by atoms with Crippen molar-refractivity contribution in [2.45, 2.75) is 24.6 Å². The molecule has 0 bridgehead atoms. The van der Waals surface area contributed by atoms with Crippen LogP contribution in [0, 0.1) is 0 Å². The van der Waals surface area contributed by atoms with Crippen molar-refractivity contribution < 1.29 is 4.79 Å². The zero-order chi connectivity index (χ0) is 13.5. The minimum atomic E-state index is 0.176. The molecule has 1 saturated heterocycles. The lowest BCUT2D eigenvalue weighted by Gasteiger charge is -2.29. The second kappa shape index (κ2) is 7.56. The van der Waals surface area contributed by atoms with Crippen molar-refractivity contribution in [3.8, 4) is 0 Å². The largest absolute Gasteiger partial charge is 0.353 e. The Kier molecular flexibility index (Phi) is 5.73. The topological polar surface area (TPSA) is 32.3 Å². The standard InChI is InChI=1S/C15H22N2OS/c1-17-9-7-14(8-10-17)16-15(18)12-19-11-13-5-3-2-4-6-13/h2-6,14H,7-12H2,1H3,(H,16,18). The molecule has 0 radical (unpaired) electrons. The molecule has 1 N–H and O–H groups in total. The predicted octanol–water partition coefficient (Wildman–Crippen LogP) is 2.13. The molecule has 1 heterocycles. The molecule has 0 aliphatic carbocycles. The predicted molar refractivity (Wildman–Crippen MR) is 81.3 cm³/mol. The summed E-state index contributed by atoms with van der Waals surface area (Å²) in [6.07, 6.45) is 2.15. The fraction of sp³-hybridized carbons (Fsp3) is 0.533. The Morgan fingerprint density at radius 3 is 2.68 bits per heavy atom. The molecule has 1 aromatic carbocycles. The van der Waals surface area contributed by atoms with E-state index >= 15 is 0 Å². The van der Waals surface area contributed by atoms with Gasteiger partial charge in [0.1, 0.15) is 0 Å². The van der Waals surface area contributed by atoms with E-state index < -0.39 is 0 Å². The van der Waals surface area contributed by atoms with Gasteiger partial charge in [-0.25, -0.2) is 0 Å². The number of amides is 1. The van der Waals surface area contributed by atoms with Crippen molar-refractivity contribution in [1.82, 2.24) is 10.2 Å². The highest BCUT2D eigenvalue weighted by Crippen LogP contribution is 2.12. The van der Waals surface area contributed by atoms with Gasteiger partial charge in [0.05, 0.1) is 5.75 Å². The van der Waals surface area contributed by atoms with Crippen LogP contribution in [0.15, 0.2) is 30.3 Å². The fourth-order valence-electron chi connectivity index (χ4n) is 2.26. The first kappa shape index (κ1) is 14.4. The summed E-state index contributed by atoms with van der Waals surface area (Å²) in [5, 5.41) is 3.14. The number of piperidine rings is 1. The van der Waals surface area contributed by atoms with E-state index in [-0.39, 0.29) is 5.91 Å². The van der Waals surface area contributed by atoms with Crippen molar-refractivity contribution in [2.75, 3.05) is 25.9 Å². The number of nitrogens with zero attached hydrogens (tertiary/aromatic N) is 1. The number of carbonyl (C=O) groups excluding carboxylic acids is 1. The lowest BCUT2D eigenvalue weighted by Crippen LogP contribution is -2.43. The van der Waals surface area contributed by atoms with Crippen LogP contribution in [-0.4, -0.2) is 42.7 Å². The van der Waals surface area contributed by atoms with Gasteiger partial charge in [0, 0.05) is 11.8 Å². The van der Waals surface area contributed by atoms with Gasteiger partial charge in [-0.05, 0) is 38.5 Å².